The number of aliphatic hydroxyl groups is 1. The van der Waals surface area contributed by atoms with Gasteiger partial charge in [-0.2, -0.15) is 0 Å². The van der Waals surface area contributed by atoms with Gasteiger partial charge in [0.1, 0.15) is 5.76 Å². The molecule has 1 aromatic heterocycles. The van der Waals surface area contributed by atoms with Crippen molar-refractivity contribution < 1.29 is 19.4 Å². The van der Waals surface area contributed by atoms with Crippen molar-refractivity contribution in [2.24, 2.45) is 0 Å². The number of aliphatic hydroxyl groups excluding tert-OH is 1. The maximum Gasteiger partial charge on any atom is 0.295 e. The average molecular weight is 387 g/mol. The average Bonchev–Trinajstić information content (AvgIpc) is 2.93. The van der Waals surface area contributed by atoms with Crippen LogP contribution in [0.1, 0.15) is 23.6 Å². The third-order valence-corrected chi connectivity index (χ3v) is 4.62. The molecule has 2 aromatic rings. The summed E-state index contributed by atoms with van der Waals surface area (Å²) in [6.45, 7) is 0.779. The number of pyridine rings is 1. The second kappa shape index (κ2) is 8.33. The summed E-state index contributed by atoms with van der Waals surface area (Å²) in [5, 5.41) is 11.3. The molecule has 7 heteroatoms. The minimum absolute atomic E-state index is 0.0349. The summed E-state index contributed by atoms with van der Waals surface area (Å²) >= 11 is 6.01. The van der Waals surface area contributed by atoms with E-state index in [4.69, 9.17) is 16.3 Å². The molecule has 6 nitrogen and oxygen atoms in total. The quantitative estimate of drug-likeness (QED) is 0.357. The highest BCUT2D eigenvalue weighted by Crippen LogP contribution is 2.39. The Morgan fingerprint density at radius 1 is 1.30 bits per heavy atom. The number of carbonyl (C=O) groups is 2. The second-order valence-electron chi connectivity index (χ2n) is 6.14. The number of aromatic nitrogens is 1. The Balaban J connectivity index is 2.11. The molecule has 27 heavy (non-hydrogen) atoms. The first-order valence-electron chi connectivity index (χ1n) is 8.47. The van der Waals surface area contributed by atoms with Crippen molar-refractivity contribution in [2.45, 2.75) is 12.5 Å². The molecule has 1 fully saturated rings. The van der Waals surface area contributed by atoms with Crippen molar-refractivity contribution in [3.05, 3.63) is 70.5 Å². The number of hydrogen-bond donors (Lipinski definition) is 1. The van der Waals surface area contributed by atoms with E-state index in [1.54, 1.807) is 55.9 Å². The van der Waals surface area contributed by atoms with Crippen LogP contribution in [0.2, 0.25) is 5.02 Å². The van der Waals surface area contributed by atoms with Crippen LogP contribution in [0.5, 0.6) is 0 Å². The minimum atomic E-state index is -0.723. The highest BCUT2D eigenvalue weighted by atomic mass is 35.5. The molecule has 3 rings (SSSR count). The summed E-state index contributed by atoms with van der Waals surface area (Å²) in [4.78, 5) is 30.9. The Morgan fingerprint density at radius 2 is 2.11 bits per heavy atom. The topological polar surface area (TPSA) is 79.7 Å². The van der Waals surface area contributed by atoms with Crippen LogP contribution < -0.4 is 0 Å². The van der Waals surface area contributed by atoms with Crippen molar-refractivity contribution >= 4 is 29.1 Å². The van der Waals surface area contributed by atoms with E-state index in [9.17, 15) is 14.7 Å². The number of Topliss-reactive ketones (excluding diaryl/α,β-unsaturated/α-hetero) is 1. The lowest BCUT2D eigenvalue weighted by atomic mass is 9.96. The maximum absolute atomic E-state index is 12.7. The lowest BCUT2D eigenvalue weighted by Crippen LogP contribution is -2.31. The molecule has 0 aliphatic carbocycles. The van der Waals surface area contributed by atoms with Crippen molar-refractivity contribution in [3.8, 4) is 0 Å². The number of benzene rings is 1. The zero-order valence-corrected chi connectivity index (χ0v) is 15.5. The molecule has 1 atom stereocenters. The Labute approximate surface area is 162 Å². The van der Waals surface area contributed by atoms with Gasteiger partial charge in [0.05, 0.1) is 11.6 Å². The van der Waals surface area contributed by atoms with Gasteiger partial charge in [-0.1, -0.05) is 29.8 Å². The smallest absolute Gasteiger partial charge is 0.295 e. The number of likely N-dealkylation sites (tertiary alicyclic amines) is 1. The molecule has 1 amide bonds. The fraction of sp³-hybridized carbons (Fsp3) is 0.250. The van der Waals surface area contributed by atoms with E-state index in [2.05, 4.69) is 4.98 Å². The van der Waals surface area contributed by atoms with Crippen molar-refractivity contribution in [1.29, 1.82) is 0 Å². The van der Waals surface area contributed by atoms with E-state index < -0.39 is 17.7 Å². The molecule has 0 saturated carbocycles. The van der Waals surface area contributed by atoms with Crippen LogP contribution in [0.4, 0.5) is 0 Å². The Bertz CT molecular complexity index is 883. The van der Waals surface area contributed by atoms with Crippen LogP contribution in [-0.4, -0.2) is 46.9 Å². The monoisotopic (exact) mass is 386 g/mol. The molecule has 1 unspecified atom stereocenters. The number of hydrogen-bond acceptors (Lipinski definition) is 5. The zero-order valence-electron chi connectivity index (χ0n) is 14.8. The standard InChI is InChI=1S/C20H19ClN2O4/c1-27-10-4-9-23-17(14-6-3-8-22-12-14)16(19(25)20(23)26)18(24)13-5-2-7-15(21)11-13/h2-3,5-8,11-12,17,24H,4,9-10H2,1H3/b18-16-. The highest BCUT2D eigenvalue weighted by Gasteiger charge is 2.45. The molecule has 1 N–H and O–H groups in total. The van der Waals surface area contributed by atoms with Gasteiger partial charge in [0.15, 0.2) is 0 Å². The molecular formula is C20H19ClN2O4. The van der Waals surface area contributed by atoms with E-state index in [-0.39, 0.29) is 11.3 Å². The molecule has 1 saturated heterocycles. The summed E-state index contributed by atoms with van der Waals surface area (Å²) < 4.78 is 5.05. The van der Waals surface area contributed by atoms with Crippen LogP contribution in [0, 0.1) is 0 Å². The first-order valence-corrected chi connectivity index (χ1v) is 8.85. The van der Waals surface area contributed by atoms with Crippen molar-refractivity contribution in [1.82, 2.24) is 9.88 Å². The fourth-order valence-corrected chi connectivity index (χ4v) is 3.36. The number of amides is 1. The van der Waals surface area contributed by atoms with Gasteiger partial charge < -0.3 is 14.7 Å². The van der Waals surface area contributed by atoms with E-state index in [0.717, 1.165) is 0 Å². The Hall–Kier alpha value is -2.70. The molecule has 0 bridgehead atoms. The molecule has 1 aliphatic heterocycles. The molecule has 0 radical (unpaired) electrons. The number of carbonyl (C=O) groups excluding carboxylic acids is 2. The van der Waals surface area contributed by atoms with Gasteiger partial charge in [-0.3, -0.25) is 14.6 Å². The van der Waals surface area contributed by atoms with Gasteiger partial charge in [-0.25, -0.2) is 0 Å². The molecule has 1 aliphatic rings. The molecule has 1 aromatic carbocycles. The van der Waals surface area contributed by atoms with Crippen LogP contribution in [-0.2, 0) is 14.3 Å². The van der Waals surface area contributed by atoms with Crippen molar-refractivity contribution in [2.75, 3.05) is 20.3 Å². The van der Waals surface area contributed by atoms with Crippen LogP contribution in [0.15, 0.2) is 54.4 Å². The summed E-state index contributed by atoms with van der Waals surface area (Å²) in [6, 6.07) is 9.32. The summed E-state index contributed by atoms with van der Waals surface area (Å²) in [7, 11) is 1.58. The van der Waals surface area contributed by atoms with Crippen LogP contribution in [0.25, 0.3) is 5.76 Å². The number of ketones is 1. The third-order valence-electron chi connectivity index (χ3n) is 4.39. The first-order chi connectivity index (χ1) is 13.0. The predicted octanol–water partition coefficient (Wildman–Crippen LogP) is 3.19. The van der Waals surface area contributed by atoms with Gasteiger partial charge in [-0.05, 0) is 30.2 Å². The number of nitrogens with zero attached hydrogens (tertiary/aromatic N) is 2. The van der Waals surface area contributed by atoms with Gasteiger partial charge in [-0.15, -0.1) is 0 Å². The lowest BCUT2D eigenvalue weighted by Gasteiger charge is -2.25. The molecule has 140 valence electrons. The van der Waals surface area contributed by atoms with Crippen molar-refractivity contribution in [3.63, 3.8) is 0 Å². The highest BCUT2D eigenvalue weighted by molar-refractivity contribution is 6.46. The second-order valence-corrected chi connectivity index (χ2v) is 6.57. The number of ether oxygens (including phenoxy) is 1. The molecular weight excluding hydrogens is 368 g/mol. The third kappa shape index (κ3) is 3.86. The minimum Gasteiger partial charge on any atom is -0.507 e. The van der Waals surface area contributed by atoms with Gasteiger partial charge in [0, 0.05) is 43.2 Å². The predicted molar refractivity (Wildman–Crippen MR) is 101 cm³/mol. The molecule has 2 heterocycles. The van der Waals surface area contributed by atoms with Gasteiger partial charge >= 0.3 is 0 Å². The maximum atomic E-state index is 12.7. The van der Waals surface area contributed by atoms with E-state index in [1.165, 1.54) is 4.90 Å². The van der Waals surface area contributed by atoms with E-state index >= 15 is 0 Å². The number of rotatable bonds is 6. The van der Waals surface area contributed by atoms with E-state index in [1.807, 2.05) is 0 Å². The number of methoxy groups -OCH3 is 1. The first kappa shape index (κ1) is 19.1. The molecule has 0 spiro atoms. The van der Waals surface area contributed by atoms with Gasteiger partial charge in [0.25, 0.3) is 11.7 Å². The normalized spacial score (nSPS) is 18.9. The SMILES string of the molecule is COCCCN1C(=O)C(=O)/C(=C(\O)c2cccc(Cl)c2)C1c1cccnc1. The summed E-state index contributed by atoms with van der Waals surface area (Å²) in [5.74, 6) is -1.62. The Kier molecular flexibility index (Phi) is 5.88. The summed E-state index contributed by atoms with van der Waals surface area (Å²) in [5.41, 5.74) is 1.07. The van der Waals surface area contributed by atoms with Gasteiger partial charge in [0.2, 0.25) is 0 Å². The van der Waals surface area contributed by atoms with E-state index in [0.29, 0.717) is 35.7 Å². The lowest BCUT2D eigenvalue weighted by molar-refractivity contribution is -0.140. The zero-order chi connectivity index (χ0) is 19.4. The van der Waals surface area contributed by atoms with Crippen LogP contribution >= 0.6 is 11.6 Å². The number of halogens is 1. The Morgan fingerprint density at radius 3 is 2.78 bits per heavy atom. The fourth-order valence-electron chi connectivity index (χ4n) is 3.17. The largest absolute Gasteiger partial charge is 0.507 e. The van der Waals surface area contributed by atoms with Crippen LogP contribution in [0.3, 0.4) is 0 Å². The summed E-state index contributed by atoms with van der Waals surface area (Å²) in [6.07, 6.45) is 3.76.